The van der Waals surface area contributed by atoms with E-state index < -0.39 is 4.92 Å². The minimum atomic E-state index is -0.463. The molecule has 26 heavy (non-hydrogen) atoms. The molecule has 0 bridgehead atoms. The molecule has 0 spiro atoms. The molecule has 1 saturated heterocycles. The average molecular weight is 356 g/mol. The topological polar surface area (TPSA) is 98.5 Å². The maximum absolute atomic E-state index is 12.6. The Morgan fingerprint density at radius 2 is 1.92 bits per heavy atom. The van der Waals surface area contributed by atoms with E-state index in [1.54, 1.807) is 30.0 Å². The minimum absolute atomic E-state index is 0.0246. The van der Waals surface area contributed by atoms with Crippen molar-refractivity contribution in [3.05, 3.63) is 57.3 Å². The highest BCUT2D eigenvalue weighted by molar-refractivity contribution is 5.95. The van der Waals surface area contributed by atoms with Crippen molar-refractivity contribution in [1.29, 1.82) is 0 Å². The third kappa shape index (κ3) is 3.96. The number of likely N-dealkylation sites (tertiary alicyclic amines) is 1. The van der Waals surface area contributed by atoms with Crippen LogP contribution in [0.25, 0.3) is 0 Å². The second kappa shape index (κ2) is 7.47. The second-order valence-electron chi connectivity index (χ2n) is 6.38. The summed E-state index contributed by atoms with van der Waals surface area (Å²) in [5, 5.41) is 19.0. The van der Waals surface area contributed by atoms with Gasteiger partial charge in [-0.05, 0) is 26.0 Å². The molecular formula is C18H20N4O4. The zero-order chi connectivity index (χ0) is 18.7. The minimum Gasteiger partial charge on any atom is -0.473 e. The van der Waals surface area contributed by atoms with Crippen LogP contribution in [0.4, 0.5) is 5.69 Å². The van der Waals surface area contributed by atoms with Crippen molar-refractivity contribution in [2.24, 2.45) is 0 Å². The summed E-state index contributed by atoms with van der Waals surface area (Å²) in [6, 6.07) is 8.21. The molecule has 0 radical (unpaired) electrons. The third-order valence-corrected chi connectivity index (χ3v) is 4.44. The molecule has 1 aliphatic heterocycles. The van der Waals surface area contributed by atoms with Gasteiger partial charge in [-0.3, -0.25) is 14.9 Å². The third-order valence-electron chi connectivity index (χ3n) is 4.44. The van der Waals surface area contributed by atoms with E-state index in [0.717, 1.165) is 5.69 Å². The number of piperidine rings is 1. The normalized spacial score (nSPS) is 14.9. The molecule has 1 aliphatic rings. The molecule has 8 nitrogen and oxygen atoms in total. The Kier molecular flexibility index (Phi) is 5.11. The van der Waals surface area contributed by atoms with E-state index in [-0.39, 0.29) is 17.7 Å². The number of hydrogen-bond acceptors (Lipinski definition) is 6. The number of nitro groups is 1. The number of ether oxygens (including phenoxy) is 1. The number of rotatable bonds is 4. The van der Waals surface area contributed by atoms with Crippen LogP contribution in [0.3, 0.4) is 0 Å². The van der Waals surface area contributed by atoms with E-state index in [4.69, 9.17) is 4.74 Å². The SMILES string of the molecule is Cc1ccc(OC2CCN(C(=O)c3ccc(C)c([N+](=O)[O-])c3)CC2)nn1. The van der Waals surface area contributed by atoms with Gasteiger partial charge in [-0.1, -0.05) is 6.07 Å². The Bertz CT molecular complexity index is 814. The number of benzene rings is 1. The predicted octanol–water partition coefficient (Wildman–Crippen LogP) is 2.69. The zero-order valence-corrected chi connectivity index (χ0v) is 14.7. The first-order valence-electron chi connectivity index (χ1n) is 8.45. The Hall–Kier alpha value is -3.03. The van der Waals surface area contributed by atoms with Crippen molar-refractivity contribution in [2.75, 3.05) is 13.1 Å². The van der Waals surface area contributed by atoms with Gasteiger partial charge in [-0.15, -0.1) is 5.10 Å². The fourth-order valence-corrected chi connectivity index (χ4v) is 2.92. The van der Waals surface area contributed by atoms with Crippen molar-refractivity contribution in [1.82, 2.24) is 15.1 Å². The summed E-state index contributed by atoms with van der Waals surface area (Å²) in [6.45, 7) is 4.58. The van der Waals surface area contributed by atoms with Crippen molar-refractivity contribution < 1.29 is 14.5 Å². The largest absolute Gasteiger partial charge is 0.473 e. The summed E-state index contributed by atoms with van der Waals surface area (Å²) in [5.41, 5.74) is 1.67. The summed E-state index contributed by atoms with van der Waals surface area (Å²) >= 11 is 0. The van der Waals surface area contributed by atoms with Crippen LogP contribution in [-0.4, -0.2) is 45.1 Å². The number of aryl methyl sites for hydroxylation is 2. The molecule has 0 saturated carbocycles. The smallest absolute Gasteiger partial charge is 0.273 e. The van der Waals surface area contributed by atoms with Gasteiger partial charge in [0.25, 0.3) is 11.6 Å². The summed E-state index contributed by atoms with van der Waals surface area (Å²) in [7, 11) is 0. The van der Waals surface area contributed by atoms with Gasteiger partial charge in [0.1, 0.15) is 6.10 Å². The molecule has 0 N–H and O–H groups in total. The first-order valence-corrected chi connectivity index (χ1v) is 8.45. The number of aromatic nitrogens is 2. The van der Waals surface area contributed by atoms with Gasteiger partial charge < -0.3 is 9.64 Å². The van der Waals surface area contributed by atoms with Gasteiger partial charge in [0.05, 0.1) is 10.6 Å². The molecule has 136 valence electrons. The molecule has 1 aromatic carbocycles. The zero-order valence-electron chi connectivity index (χ0n) is 14.7. The maximum atomic E-state index is 12.6. The fourth-order valence-electron chi connectivity index (χ4n) is 2.92. The molecule has 2 aromatic rings. The van der Waals surface area contributed by atoms with E-state index >= 15 is 0 Å². The lowest BCUT2D eigenvalue weighted by Crippen LogP contribution is -2.41. The van der Waals surface area contributed by atoms with Crippen molar-refractivity contribution in [3.8, 4) is 5.88 Å². The molecule has 0 unspecified atom stereocenters. The van der Waals surface area contributed by atoms with Crippen LogP contribution in [-0.2, 0) is 0 Å². The van der Waals surface area contributed by atoms with Gasteiger partial charge in [-0.2, -0.15) is 5.10 Å². The predicted molar refractivity (Wildman–Crippen MR) is 94.2 cm³/mol. The Balaban J connectivity index is 1.61. The number of carbonyl (C=O) groups is 1. The molecule has 8 heteroatoms. The number of amides is 1. The molecule has 3 rings (SSSR count). The Labute approximate surface area is 150 Å². The number of carbonyl (C=O) groups excluding carboxylic acids is 1. The van der Waals surface area contributed by atoms with E-state index in [1.165, 1.54) is 6.07 Å². The maximum Gasteiger partial charge on any atom is 0.273 e. The van der Waals surface area contributed by atoms with Crippen LogP contribution in [0.2, 0.25) is 0 Å². The summed E-state index contributed by atoms with van der Waals surface area (Å²) < 4.78 is 5.81. The van der Waals surface area contributed by atoms with Crippen LogP contribution in [0, 0.1) is 24.0 Å². The summed E-state index contributed by atoms with van der Waals surface area (Å²) in [4.78, 5) is 24.9. The molecule has 0 atom stereocenters. The first-order chi connectivity index (χ1) is 12.4. The summed E-state index contributed by atoms with van der Waals surface area (Å²) in [6.07, 6.45) is 1.33. The lowest BCUT2D eigenvalue weighted by atomic mass is 10.0. The van der Waals surface area contributed by atoms with E-state index in [0.29, 0.717) is 42.9 Å². The van der Waals surface area contributed by atoms with E-state index in [1.807, 2.05) is 13.0 Å². The highest BCUT2D eigenvalue weighted by Crippen LogP contribution is 2.22. The average Bonchev–Trinajstić information content (AvgIpc) is 2.64. The molecule has 1 fully saturated rings. The van der Waals surface area contributed by atoms with Gasteiger partial charge in [-0.25, -0.2) is 0 Å². The Morgan fingerprint density at radius 1 is 1.19 bits per heavy atom. The van der Waals surface area contributed by atoms with Crippen molar-refractivity contribution in [2.45, 2.75) is 32.8 Å². The van der Waals surface area contributed by atoms with Gasteiger partial charge in [0, 0.05) is 49.2 Å². The van der Waals surface area contributed by atoms with Crippen LogP contribution in [0.5, 0.6) is 5.88 Å². The Morgan fingerprint density at radius 3 is 2.54 bits per heavy atom. The number of nitro benzene ring substituents is 1. The van der Waals surface area contributed by atoms with Crippen LogP contribution in [0.15, 0.2) is 30.3 Å². The van der Waals surface area contributed by atoms with Gasteiger partial charge >= 0.3 is 0 Å². The lowest BCUT2D eigenvalue weighted by molar-refractivity contribution is -0.385. The van der Waals surface area contributed by atoms with Crippen molar-refractivity contribution in [3.63, 3.8) is 0 Å². The van der Waals surface area contributed by atoms with Crippen molar-refractivity contribution >= 4 is 11.6 Å². The van der Waals surface area contributed by atoms with Crippen LogP contribution >= 0.6 is 0 Å². The first kappa shape index (κ1) is 17.8. The van der Waals surface area contributed by atoms with E-state index in [2.05, 4.69) is 10.2 Å². The number of nitrogens with zero attached hydrogens (tertiary/aromatic N) is 4. The highest BCUT2D eigenvalue weighted by atomic mass is 16.6. The lowest BCUT2D eigenvalue weighted by Gasteiger charge is -2.31. The quantitative estimate of drug-likeness (QED) is 0.617. The molecular weight excluding hydrogens is 336 g/mol. The van der Waals surface area contributed by atoms with E-state index in [9.17, 15) is 14.9 Å². The second-order valence-corrected chi connectivity index (χ2v) is 6.38. The number of hydrogen-bond donors (Lipinski definition) is 0. The molecule has 0 aliphatic carbocycles. The van der Waals surface area contributed by atoms with Gasteiger partial charge in [0.15, 0.2) is 0 Å². The highest BCUT2D eigenvalue weighted by Gasteiger charge is 2.26. The summed E-state index contributed by atoms with van der Waals surface area (Å²) in [5.74, 6) is 0.288. The van der Waals surface area contributed by atoms with Gasteiger partial charge in [0.2, 0.25) is 5.88 Å². The molecule has 1 amide bonds. The monoisotopic (exact) mass is 356 g/mol. The van der Waals surface area contributed by atoms with Crippen LogP contribution < -0.4 is 4.74 Å². The molecule has 1 aromatic heterocycles. The molecule has 2 heterocycles. The van der Waals surface area contributed by atoms with Crippen LogP contribution in [0.1, 0.15) is 34.5 Å². The standard InChI is InChI=1S/C18H20N4O4/c1-12-3-5-14(11-16(12)22(24)25)18(23)21-9-7-15(8-10-21)26-17-6-4-13(2)19-20-17/h3-6,11,15H,7-10H2,1-2H3. The fraction of sp³-hybridized carbons (Fsp3) is 0.389.